The van der Waals surface area contributed by atoms with Gasteiger partial charge in [-0.25, -0.2) is 0 Å². The van der Waals surface area contributed by atoms with E-state index in [1.807, 2.05) is 13.0 Å². The Morgan fingerprint density at radius 1 is 1.25 bits per heavy atom. The molecule has 0 aliphatic heterocycles. The summed E-state index contributed by atoms with van der Waals surface area (Å²) in [7, 11) is 1.68. The molecular weight excluding hydrogens is 200 g/mol. The third-order valence-electron chi connectivity index (χ3n) is 2.85. The highest BCUT2D eigenvalue weighted by Gasteiger charge is 2.09. The predicted octanol–water partition coefficient (Wildman–Crippen LogP) is 2.80. The lowest BCUT2D eigenvalue weighted by Crippen LogP contribution is -2.16. The first-order valence-electron chi connectivity index (χ1n) is 5.97. The first kappa shape index (κ1) is 13.2. The van der Waals surface area contributed by atoms with E-state index in [0.29, 0.717) is 0 Å². The average Bonchev–Trinajstić information content (AvgIpc) is 2.30. The van der Waals surface area contributed by atoms with Crippen LogP contribution in [0.1, 0.15) is 31.7 Å². The van der Waals surface area contributed by atoms with E-state index in [9.17, 15) is 5.11 Å². The van der Waals surface area contributed by atoms with Crippen molar-refractivity contribution in [3.05, 3.63) is 35.9 Å². The van der Waals surface area contributed by atoms with E-state index in [-0.39, 0.29) is 12.2 Å². The molecule has 0 heterocycles. The Morgan fingerprint density at radius 2 is 1.94 bits per heavy atom. The molecule has 1 aromatic rings. The van der Waals surface area contributed by atoms with Crippen LogP contribution in [0, 0.1) is 0 Å². The molecule has 0 saturated heterocycles. The van der Waals surface area contributed by atoms with E-state index in [0.717, 1.165) is 25.7 Å². The summed E-state index contributed by atoms with van der Waals surface area (Å²) in [5.74, 6) is 0. The van der Waals surface area contributed by atoms with E-state index < -0.39 is 0 Å². The highest BCUT2D eigenvalue weighted by molar-refractivity contribution is 5.14. The molecule has 0 saturated carbocycles. The normalized spacial score (nSPS) is 14.7. The summed E-state index contributed by atoms with van der Waals surface area (Å²) in [6.07, 6.45) is 3.56. The number of ether oxygens (including phenoxy) is 1. The van der Waals surface area contributed by atoms with Crippen LogP contribution in [0.3, 0.4) is 0 Å². The van der Waals surface area contributed by atoms with E-state index in [1.54, 1.807) is 7.11 Å². The monoisotopic (exact) mass is 222 g/mol. The van der Waals surface area contributed by atoms with Crippen LogP contribution in [0.2, 0.25) is 0 Å². The zero-order chi connectivity index (χ0) is 11.8. The largest absolute Gasteiger partial charge is 0.393 e. The minimum absolute atomic E-state index is 0.145. The van der Waals surface area contributed by atoms with Gasteiger partial charge in [0.25, 0.3) is 0 Å². The van der Waals surface area contributed by atoms with Crippen LogP contribution in [-0.2, 0) is 11.2 Å². The highest BCUT2D eigenvalue weighted by atomic mass is 16.5. The van der Waals surface area contributed by atoms with Gasteiger partial charge >= 0.3 is 0 Å². The van der Waals surface area contributed by atoms with Crippen LogP contribution in [0.25, 0.3) is 0 Å². The zero-order valence-corrected chi connectivity index (χ0v) is 10.2. The van der Waals surface area contributed by atoms with Gasteiger partial charge in [0.2, 0.25) is 0 Å². The molecule has 0 radical (unpaired) electrons. The van der Waals surface area contributed by atoms with Gasteiger partial charge in [-0.1, -0.05) is 30.3 Å². The number of hydrogen-bond donors (Lipinski definition) is 1. The Labute approximate surface area is 98.3 Å². The molecule has 0 aliphatic carbocycles. The van der Waals surface area contributed by atoms with Gasteiger partial charge in [0, 0.05) is 7.11 Å². The summed E-state index contributed by atoms with van der Waals surface area (Å²) in [6, 6.07) is 10.4. The minimum Gasteiger partial charge on any atom is -0.393 e. The van der Waals surface area contributed by atoms with E-state index in [1.165, 1.54) is 5.56 Å². The van der Waals surface area contributed by atoms with Crippen molar-refractivity contribution < 1.29 is 9.84 Å². The fourth-order valence-electron chi connectivity index (χ4n) is 1.78. The number of aryl methyl sites for hydroxylation is 1. The van der Waals surface area contributed by atoms with E-state index in [2.05, 4.69) is 24.3 Å². The van der Waals surface area contributed by atoms with Crippen LogP contribution in [-0.4, -0.2) is 24.4 Å². The molecule has 0 amide bonds. The Balaban J connectivity index is 2.15. The summed E-state index contributed by atoms with van der Waals surface area (Å²) in [4.78, 5) is 0. The number of benzene rings is 1. The molecule has 2 atom stereocenters. The Morgan fingerprint density at radius 3 is 2.56 bits per heavy atom. The fraction of sp³-hybridized carbons (Fsp3) is 0.571. The van der Waals surface area contributed by atoms with Crippen LogP contribution in [0.4, 0.5) is 0 Å². The number of rotatable bonds is 7. The Bertz CT molecular complexity index is 271. The van der Waals surface area contributed by atoms with E-state index in [4.69, 9.17) is 4.74 Å². The molecule has 0 aliphatic rings. The van der Waals surface area contributed by atoms with Gasteiger partial charge in [0.15, 0.2) is 0 Å². The summed E-state index contributed by atoms with van der Waals surface area (Å²) in [5.41, 5.74) is 1.34. The smallest absolute Gasteiger partial charge is 0.0567 e. The fourth-order valence-corrected chi connectivity index (χ4v) is 1.78. The van der Waals surface area contributed by atoms with Crippen molar-refractivity contribution in [3.8, 4) is 0 Å². The van der Waals surface area contributed by atoms with Crippen molar-refractivity contribution in [1.82, 2.24) is 0 Å². The summed E-state index contributed by atoms with van der Waals surface area (Å²) >= 11 is 0. The molecular formula is C14H22O2. The lowest BCUT2D eigenvalue weighted by atomic mass is 10.0. The summed E-state index contributed by atoms with van der Waals surface area (Å²) in [5, 5.41) is 9.75. The van der Waals surface area contributed by atoms with Gasteiger partial charge in [-0.2, -0.15) is 0 Å². The van der Waals surface area contributed by atoms with E-state index >= 15 is 0 Å². The maximum absolute atomic E-state index is 9.75. The van der Waals surface area contributed by atoms with Gasteiger partial charge in [0.05, 0.1) is 12.2 Å². The lowest BCUT2D eigenvalue weighted by molar-refractivity contribution is 0.0521. The quantitative estimate of drug-likeness (QED) is 0.768. The van der Waals surface area contributed by atoms with Gasteiger partial charge in [0.1, 0.15) is 0 Å². The Kier molecular flexibility index (Phi) is 6.12. The van der Waals surface area contributed by atoms with Crippen molar-refractivity contribution in [3.63, 3.8) is 0 Å². The second-order valence-corrected chi connectivity index (χ2v) is 4.31. The molecule has 1 aromatic carbocycles. The highest BCUT2D eigenvalue weighted by Crippen LogP contribution is 2.10. The number of hydrogen-bond acceptors (Lipinski definition) is 2. The topological polar surface area (TPSA) is 29.5 Å². The van der Waals surface area contributed by atoms with Gasteiger partial charge < -0.3 is 9.84 Å². The van der Waals surface area contributed by atoms with Crippen LogP contribution in [0.5, 0.6) is 0 Å². The third-order valence-corrected chi connectivity index (χ3v) is 2.85. The molecule has 2 unspecified atom stereocenters. The second kappa shape index (κ2) is 7.42. The minimum atomic E-state index is -0.237. The van der Waals surface area contributed by atoms with Crippen molar-refractivity contribution >= 4 is 0 Å². The number of aliphatic hydroxyl groups excluding tert-OH is 1. The van der Waals surface area contributed by atoms with Crippen LogP contribution < -0.4 is 0 Å². The first-order valence-corrected chi connectivity index (χ1v) is 5.97. The molecule has 0 spiro atoms. The van der Waals surface area contributed by atoms with Gasteiger partial charge in [-0.15, -0.1) is 0 Å². The molecule has 16 heavy (non-hydrogen) atoms. The van der Waals surface area contributed by atoms with Crippen molar-refractivity contribution in [2.24, 2.45) is 0 Å². The van der Waals surface area contributed by atoms with Gasteiger partial charge in [-0.3, -0.25) is 0 Å². The number of aliphatic hydroxyl groups is 1. The third kappa shape index (κ3) is 5.29. The molecule has 2 heteroatoms. The van der Waals surface area contributed by atoms with Gasteiger partial charge in [-0.05, 0) is 38.2 Å². The maximum atomic E-state index is 9.75. The lowest BCUT2D eigenvalue weighted by Gasteiger charge is -2.14. The average molecular weight is 222 g/mol. The predicted molar refractivity (Wildman–Crippen MR) is 66.5 cm³/mol. The summed E-state index contributed by atoms with van der Waals surface area (Å²) < 4.78 is 5.13. The van der Waals surface area contributed by atoms with Crippen LogP contribution in [0.15, 0.2) is 30.3 Å². The molecule has 2 nitrogen and oxygen atoms in total. The summed E-state index contributed by atoms with van der Waals surface area (Å²) in [6.45, 7) is 1.99. The number of methoxy groups -OCH3 is 1. The second-order valence-electron chi connectivity index (χ2n) is 4.31. The van der Waals surface area contributed by atoms with Crippen molar-refractivity contribution in [2.75, 3.05) is 7.11 Å². The molecule has 0 fully saturated rings. The molecule has 1 N–H and O–H groups in total. The first-order chi connectivity index (χ1) is 7.72. The molecule has 90 valence electrons. The molecule has 0 aromatic heterocycles. The maximum Gasteiger partial charge on any atom is 0.0567 e. The molecule has 1 rings (SSSR count). The van der Waals surface area contributed by atoms with Crippen LogP contribution >= 0.6 is 0 Å². The Hall–Kier alpha value is -0.860. The van der Waals surface area contributed by atoms with Crippen molar-refractivity contribution in [2.45, 2.75) is 44.8 Å². The SMILES string of the molecule is COC(C)CC(O)CCCc1ccccc1. The zero-order valence-electron chi connectivity index (χ0n) is 10.2. The molecule has 0 bridgehead atoms. The van der Waals surface area contributed by atoms with Crippen molar-refractivity contribution in [1.29, 1.82) is 0 Å². The standard InChI is InChI=1S/C14H22O2/c1-12(16-2)11-14(15)10-6-9-13-7-4-3-5-8-13/h3-5,7-8,12,14-15H,6,9-11H2,1-2H3.